The van der Waals surface area contributed by atoms with Gasteiger partial charge in [-0.3, -0.25) is 4.90 Å². The number of fused-ring (bicyclic) bond motifs is 4. The third kappa shape index (κ3) is 6.14. The van der Waals surface area contributed by atoms with Gasteiger partial charge in [-0.05, 0) is 75.6 Å². The fraction of sp³-hybridized carbons (Fsp3) is 0.575. The number of aromatic hydroxyl groups is 1. The van der Waals surface area contributed by atoms with Gasteiger partial charge in [0.1, 0.15) is 44.3 Å². The molecule has 6 fully saturated rings. The Balaban J connectivity index is 1.10. The Morgan fingerprint density at radius 3 is 2.62 bits per heavy atom. The number of hydrogen-bond acceptors (Lipinski definition) is 13. The number of phenolic OH excluding ortho intramolecular Hbond substituents is 1. The minimum Gasteiger partial charge on any atom is -0.508 e. The molecule has 2 saturated carbocycles. The lowest BCUT2D eigenvalue weighted by Gasteiger charge is -2.51. The number of methoxy groups -OCH3 is 1. The molecule has 0 radical (unpaired) electrons. The van der Waals surface area contributed by atoms with E-state index in [4.69, 9.17) is 23.9 Å². The standard InChI is InChI=1S/C40H47F2N5O8S/c1-37(49)19-47(13-14-53-21-37)34-30-33(31(42)32(43-35(30)52-2)26-16-25(48)15-24-7-4-8-27(41)29(24)26)44-36(45-34)54-22-38-10-5-9-28(38)46(12-6-11-38)20-39-17-40(18-39,23-55-39)56(3,50)51/h4,7-8,15-16,28,48-49H,5-6,9-14,17-23H2,1-3H3/t28-,37+,38?,39?,40?/m1/s1. The van der Waals surface area contributed by atoms with E-state index in [1.54, 1.807) is 17.9 Å². The molecule has 2 aromatic carbocycles. The molecule has 2 N–H and O–H groups in total. The molecule has 2 bridgehead atoms. The second-order valence-corrected chi connectivity index (χ2v) is 19.5. The summed E-state index contributed by atoms with van der Waals surface area (Å²) >= 11 is 0. The molecule has 10 rings (SSSR count). The van der Waals surface area contributed by atoms with Crippen LogP contribution in [0.4, 0.5) is 14.6 Å². The molecule has 300 valence electrons. The van der Waals surface area contributed by atoms with Crippen molar-refractivity contribution < 1.29 is 46.4 Å². The van der Waals surface area contributed by atoms with Crippen LogP contribution in [-0.2, 0) is 19.3 Å². The van der Waals surface area contributed by atoms with Crippen molar-refractivity contribution in [1.29, 1.82) is 0 Å². The molecule has 0 spiro atoms. The van der Waals surface area contributed by atoms with E-state index in [9.17, 15) is 18.6 Å². The summed E-state index contributed by atoms with van der Waals surface area (Å²) in [5, 5.41) is 22.4. The molecule has 4 aromatic rings. The number of halogens is 2. The van der Waals surface area contributed by atoms with Crippen LogP contribution in [0.3, 0.4) is 0 Å². The summed E-state index contributed by atoms with van der Waals surface area (Å²) in [7, 11) is -1.84. The highest BCUT2D eigenvalue weighted by Gasteiger charge is 2.68. The van der Waals surface area contributed by atoms with Crippen LogP contribution < -0.4 is 14.4 Å². The van der Waals surface area contributed by atoms with Crippen molar-refractivity contribution >= 4 is 37.3 Å². The Bertz CT molecular complexity index is 2340. The molecule has 0 amide bonds. The lowest BCUT2D eigenvalue weighted by Crippen LogP contribution is -2.61. The number of rotatable bonds is 9. The summed E-state index contributed by atoms with van der Waals surface area (Å²) in [6, 6.07) is 7.14. The van der Waals surface area contributed by atoms with Crippen LogP contribution in [0.15, 0.2) is 30.3 Å². The van der Waals surface area contributed by atoms with Gasteiger partial charge >= 0.3 is 6.01 Å². The number of hydrogen-bond donors (Lipinski definition) is 2. The summed E-state index contributed by atoms with van der Waals surface area (Å²) in [6.45, 7) is 4.45. The monoisotopic (exact) mass is 795 g/mol. The van der Waals surface area contributed by atoms with Gasteiger partial charge < -0.3 is 34.1 Å². The van der Waals surface area contributed by atoms with Gasteiger partial charge in [0.25, 0.3) is 0 Å². The molecule has 2 aliphatic carbocycles. The predicted octanol–water partition coefficient (Wildman–Crippen LogP) is 4.78. The second-order valence-electron chi connectivity index (χ2n) is 17.1. The molecular weight excluding hydrogens is 749 g/mol. The molecule has 16 heteroatoms. The number of pyridine rings is 1. The van der Waals surface area contributed by atoms with Crippen LogP contribution in [0.5, 0.6) is 17.6 Å². The normalized spacial score (nSPS) is 30.7. The van der Waals surface area contributed by atoms with Crippen LogP contribution in [0.1, 0.15) is 51.9 Å². The van der Waals surface area contributed by atoms with Crippen molar-refractivity contribution in [3.63, 3.8) is 0 Å². The van der Waals surface area contributed by atoms with Gasteiger partial charge in [-0.1, -0.05) is 18.6 Å². The van der Waals surface area contributed by atoms with E-state index in [1.165, 1.54) is 37.6 Å². The average molecular weight is 796 g/mol. The first-order valence-corrected chi connectivity index (χ1v) is 21.2. The largest absolute Gasteiger partial charge is 0.508 e. The lowest BCUT2D eigenvalue weighted by atomic mass is 9.71. The van der Waals surface area contributed by atoms with Crippen LogP contribution in [0.25, 0.3) is 32.9 Å². The first-order chi connectivity index (χ1) is 26.6. The fourth-order valence-corrected chi connectivity index (χ4v) is 11.7. The minimum absolute atomic E-state index is 0.0190. The van der Waals surface area contributed by atoms with Crippen LogP contribution in [-0.4, -0.2) is 126 Å². The van der Waals surface area contributed by atoms with Crippen LogP contribution in [0, 0.1) is 17.0 Å². The maximum absolute atomic E-state index is 17.2. The first kappa shape index (κ1) is 37.6. The molecule has 2 aromatic heterocycles. The number of aliphatic hydroxyl groups is 1. The van der Waals surface area contributed by atoms with Crippen molar-refractivity contribution in [1.82, 2.24) is 19.9 Å². The highest BCUT2D eigenvalue weighted by molar-refractivity contribution is 7.92. The fourth-order valence-electron chi connectivity index (χ4n) is 10.4. The SMILES string of the molecule is COc1nc(-c2cc(O)cc3cccc(F)c23)c(F)c2nc(OCC34CCC[C@H]3N(CC35CC(S(C)(=O)=O)(CO3)C5)CCC4)nc(N3CCOC[C@@](C)(O)C3)c12. The highest BCUT2D eigenvalue weighted by Crippen LogP contribution is 2.57. The number of β-amino-alcohol motifs (C(OH)–C–C–N with tert-alkyl or cyclic N) is 1. The predicted molar refractivity (Wildman–Crippen MR) is 204 cm³/mol. The van der Waals surface area contributed by atoms with Crippen LogP contribution >= 0.6 is 0 Å². The maximum atomic E-state index is 17.2. The van der Waals surface area contributed by atoms with Gasteiger partial charge in [-0.25, -0.2) is 22.2 Å². The molecule has 4 aliphatic heterocycles. The third-order valence-electron chi connectivity index (χ3n) is 12.9. The summed E-state index contributed by atoms with van der Waals surface area (Å²) in [5.41, 5.74) is -2.41. The smallest absolute Gasteiger partial charge is 0.319 e. The maximum Gasteiger partial charge on any atom is 0.319 e. The van der Waals surface area contributed by atoms with Gasteiger partial charge in [-0.15, -0.1) is 0 Å². The van der Waals surface area contributed by atoms with Crippen molar-refractivity contribution in [3.05, 3.63) is 42.0 Å². The zero-order valence-corrected chi connectivity index (χ0v) is 32.6. The molecule has 56 heavy (non-hydrogen) atoms. The molecule has 6 aliphatic rings. The Morgan fingerprint density at radius 1 is 1.05 bits per heavy atom. The number of anilines is 1. The van der Waals surface area contributed by atoms with Crippen molar-refractivity contribution in [2.45, 2.75) is 73.9 Å². The number of sulfone groups is 1. The van der Waals surface area contributed by atoms with Gasteiger partial charge in [0.15, 0.2) is 15.7 Å². The van der Waals surface area contributed by atoms with Gasteiger partial charge in [0.05, 0.1) is 45.7 Å². The highest BCUT2D eigenvalue weighted by atomic mass is 32.2. The Kier molecular flexibility index (Phi) is 8.93. The quantitative estimate of drug-likeness (QED) is 0.239. The molecule has 4 saturated heterocycles. The van der Waals surface area contributed by atoms with Crippen molar-refractivity contribution in [3.8, 4) is 28.9 Å². The number of ether oxygens (including phenoxy) is 4. The third-order valence-corrected chi connectivity index (χ3v) is 14.9. The van der Waals surface area contributed by atoms with Gasteiger partial charge in [0.2, 0.25) is 5.88 Å². The van der Waals surface area contributed by atoms with E-state index in [1.807, 2.05) is 0 Å². The lowest BCUT2D eigenvalue weighted by molar-refractivity contribution is -0.0711. The minimum atomic E-state index is -3.23. The zero-order chi connectivity index (χ0) is 39.3. The molecular formula is C40H47F2N5O8S. The van der Waals surface area contributed by atoms with Crippen LogP contribution in [0.2, 0.25) is 0 Å². The Labute approximate surface area is 323 Å². The number of aromatic nitrogens is 3. The average Bonchev–Trinajstić information content (AvgIpc) is 3.82. The topological polar surface area (TPSA) is 157 Å². The number of piperidine rings is 1. The number of nitrogens with zero attached hydrogens (tertiary/aromatic N) is 5. The van der Waals surface area contributed by atoms with E-state index in [-0.39, 0.29) is 95.4 Å². The molecule has 1 unspecified atom stereocenters. The van der Waals surface area contributed by atoms with E-state index >= 15 is 8.78 Å². The first-order valence-electron chi connectivity index (χ1n) is 19.3. The number of phenols is 1. The second kappa shape index (κ2) is 13.3. The van der Waals surface area contributed by atoms with E-state index in [2.05, 4.69) is 14.9 Å². The Hall–Kier alpha value is -3.96. The van der Waals surface area contributed by atoms with Gasteiger partial charge in [-0.2, -0.15) is 9.97 Å². The van der Waals surface area contributed by atoms with Crippen molar-refractivity contribution in [2.24, 2.45) is 5.41 Å². The van der Waals surface area contributed by atoms with E-state index in [0.29, 0.717) is 31.3 Å². The van der Waals surface area contributed by atoms with Crippen molar-refractivity contribution in [2.75, 3.05) is 70.9 Å². The summed E-state index contributed by atoms with van der Waals surface area (Å²) in [6.07, 6.45) is 7.04. The number of benzene rings is 2. The summed E-state index contributed by atoms with van der Waals surface area (Å²) in [4.78, 5) is 18.3. The Morgan fingerprint density at radius 2 is 1.86 bits per heavy atom. The molecule has 6 heterocycles. The van der Waals surface area contributed by atoms with E-state index in [0.717, 1.165) is 38.6 Å². The molecule has 13 nitrogen and oxygen atoms in total. The zero-order valence-electron chi connectivity index (χ0n) is 31.8. The van der Waals surface area contributed by atoms with E-state index < -0.39 is 37.4 Å². The number of likely N-dealkylation sites (tertiary alicyclic amines) is 1. The summed E-state index contributed by atoms with van der Waals surface area (Å²) in [5.74, 6) is -1.49. The van der Waals surface area contributed by atoms with Gasteiger partial charge in [0, 0.05) is 41.8 Å². The molecule has 3 atom stereocenters. The summed E-state index contributed by atoms with van der Waals surface area (Å²) < 4.78 is 81.2.